The van der Waals surface area contributed by atoms with Gasteiger partial charge in [0.2, 0.25) is 5.13 Å². The van der Waals surface area contributed by atoms with Gasteiger partial charge < -0.3 is 14.7 Å². The van der Waals surface area contributed by atoms with Crippen molar-refractivity contribution < 1.29 is 19.4 Å². The summed E-state index contributed by atoms with van der Waals surface area (Å²) in [5.74, 6) is 0.693. The Morgan fingerprint density at radius 1 is 1.26 bits per heavy atom. The van der Waals surface area contributed by atoms with Gasteiger partial charge in [-0.1, -0.05) is 55.0 Å². The molecule has 1 unspecified atom stereocenters. The summed E-state index contributed by atoms with van der Waals surface area (Å²) in [5, 5.41) is 19.5. The SMILES string of the molecule is CC(C)CC1c2ccc(C(=O)N(C)c3nnc(COc4ccccc4Cl)s3)cc2CCN1C(=O)O. The van der Waals surface area contributed by atoms with Crippen molar-refractivity contribution in [3.63, 3.8) is 0 Å². The second-order valence-electron chi connectivity index (χ2n) is 8.85. The van der Waals surface area contributed by atoms with E-state index in [1.165, 1.54) is 21.1 Å². The highest BCUT2D eigenvalue weighted by Gasteiger charge is 2.32. The molecule has 184 valence electrons. The van der Waals surface area contributed by atoms with Crippen LogP contribution in [0.1, 0.15) is 52.8 Å². The van der Waals surface area contributed by atoms with Crippen LogP contribution in [-0.2, 0) is 13.0 Å². The summed E-state index contributed by atoms with van der Waals surface area (Å²) in [6, 6.07) is 12.5. The lowest BCUT2D eigenvalue weighted by atomic mass is 9.87. The Balaban J connectivity index is 1.48. The van der Waals surface area contributed by atoms with Crippen molar-refractivity contribution in [2.75, 3.05) is 18.5 Å². The molecule has 3 aromatic rings. The zero-order valence-corrected chi connectivity index (χ0v) is 21.3. The topological polar surface area (TPSA) is 95.9 Å². The lowest BCUT2D eigenvalue weighted by molar-refractivity contribution is 0.0990. The third-order valence-corrected chi connectivity index (χ3v) is 7.21. The highest BCUT2D eigenvalue weighted by molar-refractivity contribution is 7.15. The number of carbonyl (C=O) groups is 2. The molecule has 1 aromatic heterocycles. The summed E-state index contributed by atoms with van der Waals surface area (Å²) in [7, 11) is 1.66. The van der Waals surface area contributed by atoms with E-state index in [1.807, 2.05) is 24.3 Å². The summed E-state index contributed by atoms with van der Waals surface area (Å²) >= 11 is 7.39. The number of para-hydroxylation sites is 1. The Kier molecular flexibility index (Phi) is 7.57. The molecule has 8 nitrogen and oxygen atoms in total. The first-order valence-electron chi connectivity index (χ1n) is 11.3. The van der Waals surface area contributed by atoms with Crippen LogP contribution in [0.2, 0.25) is 5.02 Å². The van der Waals surface area contributed by atoms with Gasteiger partial charge in [-0.25, -0.2) is 4.79 Å². The average molecular weight is 515 g/mol. The molecule has 1 N–H and O–H groups in total. The van der Waals surface area contributed by atoms with Crippen LogP contribution in [0.15, 0.2) is 42.5 Å². The summed E-state index contributed by atoms with van der Waals surface area (Å²) in [4.78, 5) is 27.9. The quantitative estimate of drug-likeness (QED) is 0.436. The maximum absolute atomic E-state index is 13.2. The molecule has 35 heavy (non-hydrogen) atoms. The largest absolute Gasteiger partial charge is 0.485 e. The van der Waals surface area contributed by atoms with E-state index in [0.29, 0.717) is 45.4 Å². The van der Waals surface area contributed by atoms with Crippen molar-refractivity contribution in [1.29, 1.82) is 0 Å². The Morgan fingerprint density at radius 2 is 2.03 bits per heavy atom. The van der Waals surface area contributed by atoms with Gasteiger partial charge >= 0.3 is 6.09 Å². The fourth-order valence-corrected chi connectivity index (χ4v) is 5.10. The third-order valence-electron chi connectivity index (χ3n) is 5.92. The fourth-order valence-electron chi connectivity index (χ4n) is 4.20. The molecule has 0 aliphatic carbocycles. The number of ether oxygens (including phenoxy) is 1. The number of anilines is 1. The molecule has 0 saturated carbocycles. The maximum Gasteiger partial charge on any atom is 0.407 e. The number of amides is 2. The van der Waals surface area contributed by atoms with Gasteiger partial charge in [-0.3, -0.25) is 9.69 Å². The molecule has 0 bridgehead atoms. The molecule has 0 spiro atoms. The summed E-state index contributed by atoms with van der Waals surface area (Å²) in [6.07, 6.45) is 0.395. The van der Waals surface area contributed by atoms with Gasteiger partial charge in [-0.15, -0.1) is 10.2 Å². The smallest absolute Gasteiger partial charge is 0.407 e. The monoisotopic (exact) mass is 514 g/mol. The number of nitrogens with zero attached hydrogens (tertiary/aromatic N) is 4. The maximum atomic E-state index is 13.2. The van der Waals surface area contributed by atoms with Crippen LogP contribution in [0.5, 0.6) is 5.75 Å². The molecular weight excluding hydrogens is 488 g/mol. The van der Waals surface area contributed by atoms with E-state index in [1.54, 1.807) is 25.2 Å². The molecular formula is C25H27ClN4O4S. The normalized spacial score (nSPS) is 15.1. The number of fused-ring (bicyclic) bond motifs is 1. The predicted octanol–water partition coefficient (Wildman–Crippen LogP) is 5.67. The van der Waals surface area contributed by atoms with E-state index in [4.69, 9.17) is 16.3 Å². The van der Waals surface area contributed by atoms with Crippen molar-refractivity contribution in [1.82, 2.24) is 15.1 Å². The van der Waals surface area contributed by atoms with E-state index in [-0.39, 0.29) is 18.6 Å². The highest BCUT2D eigenvalue weighted by Crippen LogP contribution is 2.35. The van der Waals surface area contributed by atoms with Crippen LogP contribution in [0.25, 0.3) is 0 Å². The number of benzene rings is 2. The molecule has 1 aliphatic rings. The molecule has 10 heteroatoms. The Labute approximate surface area is 213 Å². The zero-order valence-electron chi connectivity index (χ0n) is 19.8. The van der Waals surface area contributed by atoms with E-state index in [0.717, 1.165) is 17.5 Å². The van der Waals surface area contributed by atoms with Crippen LogP contribution in [0.4, 0.5) is 9.93 Å². The molecule has 1 aliphatic heterocycles. The molecule has 2 heterocycles. The third kappa shape index (κ3) is 5.57. The average Bonchev–Trinajstić information content (AvgIpc) is 3.31. The summed E-state index contributed by atoms with van der Waals surface area (Å²) in [6.45, 7) is 4.77. The van der Waals surface area contributed by atoms with Crippen LogP contribution in [-0.4, -0.2) is 45.8 Å². The number of hydrogen-bond donors (Lipinski definition) is 1. The van der Waals surface area contributed by atoms with E-state index < -0.39 is 6.09 Å². The van der Waals surface area contributed by atoms with Crippen molar-refractivity contribution in [2.24, 2.45) is 5.92 Å². The van der Waals surface area contributed by atoms with Gasteiger partial charge in [0.25, 0.3) is 5.91 Å². The number of rotatable bonds is 7. The van der Waals surface area contributed by atoms with Crippen LogP contribution >= 0.6 is 22.9 Å². The van der Waals surface area contributed by atoms with Crippen molar-refractivity contribution >= 4 is 40.1 Å². The van der Waals surface area contributed by atoms with E-state index in [2.05, 4.69) is 24.0 Å². The van der Waals surface area contributed by atoms with E-state index in [9.17, 15) is 14.7 Å². The van der Waals surface area contributed by atoms with Crippen molar-refractivity contribution in [3.8, 4) is 5.75 Å². The number of carboxylic acid groups (broad SMARTS) is 1. The Bertz CT molecular complexity index is 1230. The molecule has 0 saturated heterocycles. The Morgan fingerprint density at radius 3 is 2.74 bits per heavy atom. The number of carbonyl (C=O) groups excluding carboxylic acids is 1. The highest BCUT2D eigenvalue weighted by atomic mass is 35.5. The van der Waals surface area contributed by atoms with E-state index >= 15 is 0 Å². The number of hydrogen-bond acceptors (Lipinski definition) is 6. The minimum atomic E-state index is -0.910. The zero-order chi connectivity index (χ0) is 25.1. The first-order valence-corrected chi connectivity index (χ1v) is 12.5. The van der Waals surface area contributed by atoms with Gasteiger partial charge in [0.05, 0.1) is 11.1 Å². The predicted molar refractivity (Wildman–Crippen MR) is 135 cm³/mol. The molecule has 4 rings (SSSR count). The minimum Gasteiger partial charge on any atom is -0.485 e. The standard InChI is InChI=1S/C25H27ClN4O4S/c1-15(2)12-20-18-9-8-17(13-16(18)10-11-30(20)25(32)33)23(31)29(3)24-28-27-22(35-24)14-34-21-7-5-4-6-19(21)26/h4-9,13,15,20H,10-12,14H2,1-3H3,(H,32,33). The lowest BCUT2D eigenvalue weighted by Crippen LogP contribution is -2.40. The number of aromatic nitrogens is 2. The molecule has 0 radical (unpaired) electrons. The first kappa shape index (κ1) is 24.9. The van der Waals surface area contributed by atoms with Gasteiger partial charge in [0.1, 0.15) is 12.4 Å². The summed E-state index contributed by atoms with van der Waals surface area (Å²) in [5.41, 5.74) is 2.52. The first-order chi connectivity index (χ1) is 16.7. The summed E-state index contributed by atoms with van der Waals surface area (Å²) < 4.78 is 5.71. The molecule has 2 aromatic carbocycles. The molecule has 1 atom stereocenters. The van der Waals surface area contributed by atoms with Crippen molar-refractivity contribution in [3.05, 3.63) is 69.2 Å². The Hall–Kier alpha value is -3.17. The van der Waals surface area contributed by atoms with Crippen LogP contribution < -0.4 is 9.64 Å². The van der Waals surface area contributed by atoms with Gasteiger partial charge in [0, 0.05) is 19.2 Å². The van der Waals surface area contributed by atoms with Gasteiger partial charge in [0.15, 0.2) is 5.01 Å². The number of halogens is 1. The lowest BCUT2D eigenvalue weighted by Gasteiger charge is -2.36. The van der Waals surface area contributed by atoms with Crippen molar-refractivity contribution in [2.45, 2.75) is 39.3 Å². The molecule has 2 amide bonds. The van der Waals surface area contributed by atoms with Crippen LogP contribution in [0, 0.1) is 5.92 Å². The molecule has 0 fully saturated rings. The fraction of sp³-hybridized carbons (Fsp3) is 0.360. The second kappa shape index (κ2) is 10.6. The van der Waals surface area contributed by atoms with Gasteiger partial charge in [-0.2, -0.15) is 0 Å². The second-order valence-corrected chi connectivity index (χ2v) is 10.3. The minimum absolute atomic E-state index is 0.194. The van der Waals surface area contributed by atoms with Crippen LogP contribution in [0.3, 0.4) is 0 Å². The van der Waals surface area contributed by atoms with Gasteiger partial charge in [-0.05, 0) is 54.2 Å².